The Balaban J connectivity index is 1.60. The van der Waals surface area contributed by atoms with E-state index in [-0.39, 0.29) is 11.9 Å². The van der Waals surface area contributed by atoms with Gasteiger partial charge in [-0.05, 0) is 48.4 Å². The number of methoxy groups -OCH3 is 1. The van der Waals surface area contributed by atoms with Crippen molar-refractivity contribution < 1.29 is 19.5 Å². The van der Waals surface area contributed by atoms with Crippen LogP contribution in [-0.4, -0.2) is 34.3 Å². The number of hydroxylamine groups is 1. The molecule has 1 unspecified atom stereocenters. The summed E-state index contributed by atoms with van der Waals surface area (Å²) in [5, 5.41) is 8.83. The van der Waals surface area contributed by atoms with E-state index in [1.165, 1.54) is 0 Å². The molecule has 1 aliphatic rings. The molecule has 1 saturated heterocycles. The van der Waals surface area contributed by atoms with Crippen LogP contribution in [0.4, 0.5) is 0 Å². The predicted octanol–water partition coefficient (Wildman–Crippen LogP) is 3.22. The molecule has 6 nitrogen and oxygen atoms in total. The number of carbonyl (C=O) groups is 1. The third-order valence-electron chi connectivity index (χ3n) is 3.97. The molecular formula is C18H20N2O4S. The summed E-state index contributed by atoms with van der Waals surface area (Å²) >= 11 is 1.62. The molecule has 1 amide bonds. The zero-order valence-electron chi connectivity index (χ0n) is 13.8. The van der Waals surface area contributed by atoms with Crippen LogP contribution in [0.25, 0.3) is 0 Å². The number of rotatable bonds is 6. The van der Waals surface area contributed by atoms with Gasteiger partial charge in [-0.15, -0.1) is 0 Å². The Hall–Kier alpha value is -2.22. The number of hydrogen-bond acceptors (Lipinski definition) is 6. The highest BCUT2D eigenvalue weighted by atomic mass is 32.2. The fourth-order valence-electron chi connectivity index (χ4n) is 2.63. The molecule has 0 bridgehead atoms. The molecule has 132 valence electrons. The fourth-order valence-corrected chi connectivity index (χ4v) is 3.82. The van der Waals surface area contributed by atoms with E-state index in [0.29, 0.717) is 6.54 Å². The van der Waals surface area contributed by atoms with Crippen LogP contribution in [0, 0.1) is 0 Å². The first-order valence-electron chi connectivity index (χ1n) is 7.94. The van der Waals surface area contributed by atoms with E-state index in [1.54, 1.807) is 24.5 Å². The van der Waals surface area contributed by atoms with Gasteiger partial charge in [0.25, 0.3) is 5.91 Å². The van der Waals surface area contributed by atoms with Gasteiger partial charge in [0, 0.05) is 12.3 Å². The summed E-state index contributed by atoms with van der Waals surface area (Å²) in [5.74, 6) is 2.78. The number of nitrogens with one attached hydrogen (secondary N) is 1. The minimum Gasteiger partial charge on any atom is -0.497 e. The lowest BCUT2D eigenvalue weighted by atomic mass is 10.1. The molecule has 1 heterocycles. The van der Waals surface area contributed by atoms with Crippen molar-refractivity contribution in [3.8, 4) is 17.2 Å². The largest absolute Gasteiger partial charge is 0.497 e. The Labute approximate surface area is 150 Å². The maximum atomic E-state index is 11.7. The van der Waals surface area contributed by atoms with Gasteiger partial charge in [-0.25, -0.2) is 9.79 Å². The standard InChI is InChI=1S/C18H20N2O4S/c1-23-14-6-8-16(9-7-14)24-15-4-2-13(3-5-15)12-20-17(10-11-25-20)18(21)19-22/h2-9,17,22H,10-12H2,1H3,(H,19,21). The molecule has 2 aromatic rings. The summed E-state index contributed by atoms with van der Waals surface area (Å²) in [7, 11) is 1.63. The van der Waals surface area contributed by atoms with Crippen LogP contribution < -0.4 is 15.0 Å². The van der Waals surface area contributed by atoms with Crippen molar-refractivity contribution in [1.82, 2.24) is 9.79 Å². The number of benzene rings is 2. The van der Waals surface area contributed by atoms with Crippen LogP contribution in [0.3, 0.4) is 0 Å². The fraction of sp³-hybridized carbons (Fsp3) is 0.278. The number of ether oxygens (including phenoxy) is 2. The topological polar surface area (TPSA) is 71.0 Å². The first-order valence-corrected chi connectivity index (χ1v) is 8.88. The highest BCUT2D eigenvalue weighted by Gasteiger charge is 2.31. The summed E-state index contributed by atoms with van der Waals surface area (Å²) < 4.78 is 12.9. The lowest BCUT2D eigenvalue weighted by molar-refractivity contribution is -0.132. The van der Waals surface area contributed by atoms with Gasteiger partial charge in [0.2, 0.25) is 0 Å². The van der Waals surface area contributed by atoms with E-state index >= 15 is 0 Å². The van der Waals surface area contributed by atoms with E-state index in [2.05, 4.69) is 0 Å². The molecule has 0 radical (unpaired) electrons. The van der Waals surface area contributed by atoms with Crippen molar-refractivity contribution in [3.05, 3.63) is 54.1 Å². The Bertz CT molecular complexity index is 706. The van der Waals surface area contributed by atoms with Crippen molar-refractivity contribution >= 4 is 17.9 Å². The quantitative estimate of drug-likeness (QED) is 0.468. The van der Waals surface area contributed by atoms with Gasteiger partial charge in [-0.2, -0.15) is 0 Å². The van der Waals surface area contributed by atoms with Crippen molar-refractivity contribution in [2.24, 2.45) is 0 Å². The summed E-state index contributed by atoms with van der Waals surface area (Å²) in [4.78, 5) is 11.7. The highest BCUT2D eigenvalue weighted by molar-refractivity contribution is 7.97. The maximum Gasteiger partial charge on any atom is 0.261 e. The second-order valence-corrected chi connectivity index (χ2v) is 6.75. The SMILES string of the molecule is COc1ccc(Oc2ccc(CN3SCCC3C(=O)NO)cc2)cc1. The lowest BCUT2D eigenvalue weighted by Crippen LogP contribution is -2.39. The van der Waals surface area contributed by atoms with Gasteiger partial charge in [0.1, 0.15) is 23.3 Å². The maximum absolute atomic E-state index is 11.7. The van der Waals surface area contributed by atoms with Crippen LogP contribution in [0.2, 0.25) is 0 Å². The van der Waals surface area contributed by atoms with Gasteiger partial charge >= 0.3 is 0 Å². The summed E-state index contributed by atoms with van der Waals surface area (Å²) in [5.41, 5.74) is 2.82. The predicted molar refractivity (Wildman–Crippen MR) is 95.8 cm³/mol. The first kappa shape index (κ1) is 17.6. The molecule has 0 spiro atoms. The van der Waals surface area contributed by atoms with Gasteiger partial charge in [0.15, 0.2) is 0 Å². The Morgan fingerprint density at radius 3 is 2.36 bits per heavy atom. The molecule has 3 rings (SSSR count). The van der Waals surface area contributed by atoms with E-state index in [4.69, 9.17) is 14.7 Å². The third kappa shape index (κ3) is 4.45. The Kier molecular flexibility index (Phi) is 5.80. The van der Waals surface area contributed by atoms with Crippen LogP contribution in [-0.2, 0) is 11.3 Å². The molecule has 1 atom stereocenters. The minimum absolute atomic E-state index is 0.301. The Morgan fingerprint density at radius 2 is 1.76 bits per heavy atom. The molecule has 2 N–H and O–H groups in total. The van der Waals surface area contributed by atoms with Crippen molar-refractivity contribution in [2.45, 2.75) is 19.0 Å². The summed E-state index contributed by atoms with van der Waals surface area (Å²) in [6.45, 7) is 0.631. The smallest absolute Gasteiger partial charge is 0.261 e. The van der Waals surface area contributed by atoms with Gasteiger partial charge < -0.3 is 9.47 Å². The monoisotopic (exact) mass is 360 g/mol. The second-order valence-electron chi connectivity index (χ2n) is 5.61. The van der Waals surface area contributed by atoms with Crippen LogP contribution in [0.15, 0.2) is 48.5 Å². The summed E-state index contributed by atoms with van der Waals surface area (Å²) in [6, 6.07) is 14.9. The molecule has 25 heavy (non-hydrogen) atoms. The molecule has 1 aliphatic heterocycles. The Morgan fingerprint density at radius 1 is 1.16 bits per heavy atom. The average molecular weight is 360 g/mol. The number of nitrogens with zero attached hydrogens (tertiary/aromatic N) is 1. The van der Waals surface area contributed by atoms with Gasteiger partial charge in [0.05, 0.1) is 7.11 Å². The normalized spacial score (nSPS) is 17.3. The van der Waals surface area contributed by atoms with Gasteiger partial charge in [-0.1, -0.05) is 24.1 Å². The molecule has 0 saturated carbocycles. The molecule has 2 aromatic carbocycles. The van der Waals surface area contributed by atoms with Crippen LogP contribution in [0.5, 0.6) is 17.2 Å². The van der Waals surface area contributed by atoms with Crippen LogP contribution >= 0.6 is 11.9 Å². The van der Waals surface area contributed by atoms with E-state index < -0.39 is 0 Å². The highest BCUT2D eigenvalue weighted by Crippen LogP contribution is 2.30. The van der Waals surface area contributed by atoms with E-state index in [9.17, 15) is 4.79 Å². The van der Waals surface area contributed by atoms with Crippen molar-refractivity contribution in [1.29, 1.82) is 0 Å². The molecule has 0 aromatic heterocycles. The van der Waals surface area contributed by atoms with E-state index in [1.807, 2.05) is 52.8 Å². The minimum atomic E-state index is -0.357. The number of amides is 1. The van der Waals surface area contributed by atoms with Crippen LogP contribution in [0.1, 0.15) is 12.0 Å². The summed E-state index contributed by atoms with van der Waals surface area (Å²) in [6.07, 6.45) is 0.732. The zero-order valence-corrected chi connectivity index (χ0v) is 14.7. The van der Waals surface area contributed by atoms with Gasteiger partial charge in [-0.3, -0.25) is 10.0 Å². The van der Waals surface area contributed by atoms with Crippen molar-refractivity contribution in [3.63, 3.8) is 0 Å². The number of hydrogen-bond donors (Lipinski definition) is 2. The molecular weight excluding hydrogens is 340 g/mol. The number of carbonyl (C=O) groups excluding carboxylic acids is 1. The zero-order chi connectivity index (χ0) is 17.6. The second kappa shape index (κ2) is 8.24. The van der Waals surface area contributed by atoms with E-state index in [0.717, 1.165) is 35.0 Å². The first-order chi connectivity index (χ1) is 12.2. The average Bonchev–Trinajstić information content (AvgIpc) is 3.11. The molecule has 0 aliphatic carbocycles. The third-order valence-corrected chi connectivity index (χ3v) is 5.10. The lowest BCUT2D eigenvalue weighted by Gasteiger charge is -2.21. The van der Waals surface area contributed by atoms with Crippen molar-refractivity contribution in [2.75, 3.05) is 12.9 Å². The molecule has 1 fully saturated rings. The molecule has 7 heteroatoms.